The molecule has 0 bridgehead atoms. The number of alkyl halides is 1. The lowest BCUT2D eigenvalue weighted by atomic mass is 9.98. The molecule has 0 amide bonds. The minimum Gasteiger partial charge on any atom is -0.329 e. The number of piperidine rings is 1. The van der Waals surface area contributed by atoms with E-state index in [4.69, 9.17) is 0 Å². The summed E-state index contributed by atoms with van der Waals surface area (Å²) < 4.78 is 45.4. The number of aryl methyl sites for hydroxylation is 2. The Morgan fingerprint density at radius 2 is 2.14 bits per heavy atom. The van der Waals surface area contributed by atoms with Crippen molar-refractivity contribution in [2.45, 2.75) is 22.6 Å². The van der Waals surface area contributed by atoms with E-state index in [2.05, 4.69) is 15.3 Å². The number of nitrogens with zero attached hydrogens (tertiary/aromatic N) is 6. The van der Waals surface area contributed by atoms with Crippen molar-refractivity contribution < 1.29 is 12.8 Å². The van der Waals surface area contributed by atoms with Crippen molar-refractivity contribution in [3.63, 3.8) is 0 Å². The minimum atomic E-state index is -3.77. The molecule has 2 aromatic heterocycles. The molecule has 0 spiro atoms. The van der Waals surface area contributed by atoms with E-state index in [0.29, 0.717) is 24.2 Å². The number of aromatic nitrogens is 5. The molecule has 1 fully saturated rings. The van der Waals surface area contributed by atoms with Gasteiger partial charge >= 0.3 is 0 Å². The van der Waals surface area contributed by atoms with E-state index in [1.54, 1.807) is 24.0 Å². The van der Waals surface area contributed by atoms with E-state index < -0.39 is 16.2 Å². The third kappa shape index (κ3) is 3.53. The lowest BCUT2D eigenvalue weighted by Crippen LogP contribution is -2.45. The topological polar surface area (TPSA) is 85.9 Å². The average molecular weight is 425 g/mol. The third-order valence-corrected chi connectivity index (χ3v) is 8.17. The van der Waals surface area contributed by atoms with Gasteiger partial charge in [0.1, 0.15) is 11.7 Å². The minimum absolute atomic E-state index is 0.119. The Labute approximate surface area is 166 Å². The molecule has 1 aliphatic rings. The van der Waals surface area contributed by atoms with Crippen LogP contribution in [0, 0.1) is 5.92 Å². The van der Waals surface area contributed by atoms with E-state index in [-0.39, 0.29) is 17.4 Å². The maximum Gasteiger partial charge on any atom is 0.243 e. The lowest BCUT2D eigenvalue weighted by Gasteiger charge is -2.33. The molecule has 11 heteroatoms. The van der Waals surface area contributed by atoms with Crippen LogP contribution in [-0.2, 0) is 24.1 Å². The average Bonchev–Trinajstić information content (AvgIpc) is 3.26. The number of imidazole rings is 1. The maximum absolute atomic E-state index is 14.8. The van der Waals surface area contributed by atoms with Crippen LogP contribution in [0.4, 0.5) is 4.39 Å². The predicted molar refractivity (Wildman–Crippen MR) is 104 cm³/mol. The molecule has 4 rings (SSSR count). The fraction of sp³-hybridized carbons (Fsp3) is 0.471. The van der Waals surface area contributed by atoms with Crippen LogP contribution in [-0.4, -0.2) is 62.3 Å². The summed E-state index contributed by atoms with van der Waals surface area (Å²) in [7, 11) is -0.137. The van der Waals surface area contributed by atoms with Crippen molar-refractivity contribution in [3.8, 4) is 0 Å². The molecule has 0 aliphatic carbocycles. The Balaban J connectivity index is 1.45. The molecular weight excluding hydrogens is 403 g/mol. The highest BCUT2D eigenvalue weighted by Crippen LogP contribution is 2.30. The van der Waals surface area contributed by atoms with Gasteiger partial charge < -0.3 is 4.57 Å². The van der Waals surface area contributed by atoms with Crippen molar-refractivity contribution in [2.75, 3.05) is 18.8 Å². The van der Waals surface area contributed by atoms with E-state index >= 15 is 0 Å². The quantitative estimate of drug-likeness (QED) is 0.581. The SMILES string of the molecule is Cn1ccnc1SCC1CCN(S(=O)(=O)c2ccc3c(c2)nnn3C)CC1F. The van der Waals surface area contributed by atoms with Gasteiger partial charge in [0.05, 0.1) is 10.4 Å². The van der Waals surface area contributed by atoms with Gasteiger partial charge in [-0.2, -0.15) is 4.31 Å². The van der Waals surface area contributed by atoms with Crippen molar-refractivity contribution in [2.24, 2.45) is 20.0 Å². The smallest absolute Gasteiger partial charge is 0.243 e. The first-order valence-corrected chi connectivity index (χ1v) is 11.3. The molecule has 1 saturated heterocycles. The fourth-order valence-electron chi connectivity index (χ4n) is 3.33. The van der Waals surface area contributed by atoms with E-state index in [0.717, 1.165) is 10.7 Å². The van der Waals surface area contributed by atoms with Crippen LogP contribution in [0.25, 0.3) is 11.0 Å². The van der Waals surface area contributed by atoms with Gasteiger partial charge in [-0.05, 0) is 24.6 Å². The van der Waals surface area contributed by atoms with E-state index in [1.807, 2.05) is 17.8 Å². The van der Waals surface area contributed by atoms with Gasteiger partial charge in [0, 0.05) is 51.2 Å². The van der Waals surface area contributed by atoms with Gasteiger partial charge in [-0.1, -0.05) is 17.0 Å². The van der Waals surface area contributed by atoms with Gasteiger partial charge in [-0.3, -0.25) is 0 Å². The Bertz CT molecular complexity index is 1100. The predicted octanol–water partition coefficient (Wildman–Crippen LogP) is 1.84. The normalized spacial score (nSPS) is 21.4. The molecular formula is C17H21FN6O2S2. The number of hydrogen-bond acceptors (Lipinski definition) is 6. The van der Waals surface area contributed by atoms with Crippen LogP contribution >= 0.6 is 11.8 Å². The number of benzene rings is 1. The van der Waals surface area contributed by atoms with Crippen molar-refractivity contribution >= 4 is 32.8 Å². The second kappa shape index (κ2) is 7.45. The molecule has 0 N–H and O–H groups in total. The van der Waals surface area contributed by atoms with E-state index in [9.17, 15) is 12.8 Å². The molecule has 150 valence electrons. The molecule has 3 aromatic rings. The Morgan fingerprint density at radius 1 is 1.32 bits per heavy atom. The van der Waals surface area contributed by atoms with Gasteiger partial charge in [0.15, 0.2) is 5.16 Å². The Hall–Kier alpha value is -1.98. The summed E-state index contributed by atoms with van der Waals surface area (Å²) in [6, 6.07) is 4.69. The summed E-state index contributed by atoms with van der Waals surface area (Å²) in [5, 5.41) is 8.69. The van der Waals surface area contributed by atoms with Gasteiger partial charge in [-0.15, -0.1) is 5.10 Å². The highest BCUT2D eigenvalue weighted by atomic mass is 32.2. The number of fused-ring (bicyclic) bond motifs is 1. The van der Waals surface area contributed by atoms with Crippen molar-refractivity contribution in [1.82, 2.24) is 28.9 Å². The highest BCUT2D eigenvalue weighted by Gasteiger charge is 2.36. The van der Waals surface area contributed by atoms with E-state index in [1.165, 1.54) is 28.2 Å². The van der Waals surface area contributed by atoms with Crippen LogP contribution in [0.1, 0.15) is 6.42 Å². The molecule has 1 aromatic carbocycles. The molecule has 1 aliphatic heterocycles. The van der Waals surface area contributed by atoms with Gasteiger partial charge in [-0.25, -0.2) is 22.5 Å². The largest absolute Gasteiger partial charge is 0.329 e. The summed E-state index contributed by atoms with van der Waals surface area (Å²) in [6.45, 7) is 0.166. The number of halogens is 1. The van der Waals surface area contributed by atoms with Crippen LogP contribution < -0.4 is 0 Å². The molecule has 2 unspecified atom stereocenters. The summed E-state index contributed by atoms with van der Waals surface area (Å²) in [6.07, 6.45) is 2.82. The Morgan fingerprint density at radius 3 is 2.86 bits per heavy atom. The van der Waals surface area contributed by atoms with Crippen LogP contribution in [0.15, 0.2) is 40.6 Å². The zero-order valence-corrected chi connectivity index (χ0v) is 17.2. The third-order valence-electron chi connectivity index (χ3n) is 5.06. The second-order valence-electron chi connectivity index (χ2n) is 6.92. The monoisotopic (exact) mass is 424 g/mol. The molecule has 0 saturated carbocycles. The highest BCUT2D eigenvalue weighted by molar-refractivity contribution is 7.99. The molecule has 3 heterocycles. The van der Waals surface area contributed by atoms with Crippen LogP contribution in [0.5, 0.6) is 0 Å². The number of thioether (sulfide) groups is 1. The summed E-state index contributed by atoms with van der Waals surface area (Å²) in [4.78, 5) is 4.35. The fourth-order valence-corrected chi connectivity index (χ4v) is 5.96. The van der Waals surface area contributed by atoms with Gasteiger partial charge in [0.2, 0.25) is 10.0 Å². The number of sulfonamides is 1. The maximum atomic E-state index is 14.8. The van der Waals surface area contributed by atoms with Crippen molar-refractivity contribution in [3.05, 3.63) is 30.6 Å². The van der Waals surface area contributed by atoms with Crippen LogP contribution in [0.3, 0.4) is 0 Å². The summed E-state index contributed by atoms with van der Waals surface area (Å²) in [5.41, 5.74) is 1.24. The molecule has 28 heavy (non-hydrogen) atoms. The van der Waals surface area contributed by atoms with Crippen LogP contribution in [0.2, 0.25) is 0 Å². The number of hydrogen-bond donors (Lipinski definition) is 0. The van der Waals surface area contributed by atoms with Crippen molar-refractivity contribution in [1.29, 1.82) is 0 Å². The van der Waals surface area contributed by atoms with Gasteiger partial charge in [0.25, 0.3) is 0 Å². The summed E-state index contributed by atoms with van der Waals surface area (Å²) >= 11 is 1.50. The summed E-state index contributed by atoms with van der Waals surface area (Å²) in [5.74, 6) is 0.376. The zero-order valence-electron chi connectivity index (χ0n) is 15.6. The number of rotatable bonds is 5. The Kier molecular flexibility index (Phi) is 5.15. The molecule has 0 radical (unpaired) electrons. The molecule has 2 atom stereocenters. The molecule has 8 nitrogen and oxygen atoms in total. The standard InChI is InChI=1S/C17H21FN6O2S2/c1-22-8-6-19-17(22)27-11-12-5-7-24(10-14(12)18)28(25,26)13-3-4-16-15(9-13)20-21-23(16)2/h3-4,6,8-9,12,14H,5,7,10-11H2,1-2H3. The second-order valence-corrected chi connectivity index (χ2v) is 9.85. The zero-order chi connectivity index (χ0) is 19.9. The lowest BCUT2D eigenvalue weighted by molar-refractivity contribution is 0.146. The first kappa shape index (κ1) is 19.3. The first-order chi connectivity index (χ1) is 13.4. The first-order valence-electron chi connectivity index (χ1n) is 8.90.